The van der Waals surface area contributed by atoms with E-state index in [0.29, 0.717) is 43.5 Å². The Morgan fingerprint density at radius 2 is 1.86 bits per heavy atom. The van der Waals surface area contributed by atoms with Gasteiger partial charge in [-0.2, -0.15) is 10.2 Å². The lowest BCUT2D eigenvalue weighted by molar-refractivity contribution is -0.383. The number of non-ortho nitro benzene ring substituents is 1. The van der Waals surface area contributed by atoms with Crippen LogP contribution in [0.15, 0.2) is 58.1 Å². The van der Waals surface area contributed by atoms with Crippen molar-refractivity contribution in [3.05, 3.63) is 73.2 Å². The Morgan fingerprint density at radius 1 is 1.14 bits per heavy atom. The number of nitrogens with zero attached hydrogens (tertiary/aromatic N) is 4. The van der Waals surface area contributed by atoms with Crippen LogP contribution in [0.3, 0.4) is 0 Å². The largest absolute Gasteiger partial charge is 0.279 e. The molecule has 148 valence electrons. The second-order valence-electron chi connectivity index (χ2n) is 6.24. The molecule has 0 bridgehead atoms. The van der Waals surface area contributed by atoms with E-state index in [-0.39, 0.29) is 10.6 Å². The van der Waals surface area contributed by atoms with E-state index in [1.165, 1.54) is 6.07 Å². The third-order valence-electron chi connectivity index (χ3n) is 4.47. The van der Waals surface area contributed by atoms with Gasteiger partial charge in [-0.05, 0) is 40.2 Å². The highest BCUT2D eigenvalue weighted by Crippen LogP contribution is 2.41. The van der Waals surface area contributed by atoms with Gasteiger partial charge in [0.2, 0.25) is 0 Å². The van der Waals surface area contributed by atoms with Crippen molar-refractivity contribution >= 4 is 72.8 Å². The number of hydrogen-bond donors (Lipinski definition) is 1. The van der Waals surface area contributed by atoms with Crippen molar-refractivity contribution in [3.63, 3.8) is 0 Å². The number of halogens is 3. The predicted octanol–water partition coefficient (Wildman–Crippen LogP) is 6.29. The molecule has 0 atom stereocenters. The Hall–Kier alpha value is -2.55. The molecule has 7 nitrogen and oxygen atoms in total. The van der Waals surface area contributed by atoms with E-state index < -0.39 is 0 Å². The first-order valence-electron chi connectivity index (χ1n) is 8.65. The molecular weight excluding hydrogens is 481 g/mol. The average molecular weight is 495 g/mol. The van der Waals surface area contributed by atoms with Gasteiger partial charge >= 0.3 is 0 Å². The molecule has 0 unspecified atom stereocenters. The molecule has 0 fully saturated rings. The molecule has 0 saturated heterocycles. The van der Waals surface area contributed by atoms with Gasteiger partial charge in [-0.1, -0.05) is 48.3 Å². The molecule has 0 aliphatic carbocycles. The van der Waals surface area contributed by atoms with E-state index in [1.54, 1.807) is 40.6 Å². The van der Waals surface area contributed by atoms with Gasteiger partial charge < -0.3 is 0 Å². The lowest BCUT2D eigenvalue weighted by Gasteiger charge is -2.29. The van der Waals surface area contributed by atoms with Crippen LogP contribution in [-0.2, 0) is 0 Å². The number of nitro benzene ring substituents is 1. The van der Waals surface area contributed by atoms with Crippen LogP contribution >= 0.6 is 39.1 Å². The summed E-state index contributed by atoms with van der Waals surface area (Å²) in [4.78, 5) is 11.3. The van der Waals surface area contributed by atoms with Gasteiger partial charge in [-0.3, -0.25) is 15.5 Å². The summed E-state index contributed by atoms with van der Waals surface area (Å²) < 4.78 is 0.698. The summed E-state index contributed by atoms with van der Waals surface area (Å²) in [7, 11) is 0. The Kier molecular flexibility index (Phi) is 5.24. The molecule has 1 aliphatic rings. The van der Waals surface area contributed by atoms with Crippen LogP contribution in [0.5, 0.6) is 0 Å². The number of anilines is 2. The van der Waals surface area contributed by atoms with Gasteiger partial charge in [0.15, 0.2) is 0 Å². The smallest absolute Gasteiger partial charge is 0.263 e. The van der Waals surface area contributed by atoms with Gasteiger partial charge in [0, 0.05) is 17.9 Å². The number of rotatable bonds is 4. The predicted molar refractivity (Wildman–Crippen MR) is 121 cm³/mol. The van der Waals surface area contributed by atoms with Crippen molar-refractivity contribution in [1.82, 2.24) is 5.43 Å². The zero-order valence-corrected chi connectivity index (χ0v) is 18.2. The first kappa shape index (κ1) is 19.8. The highest BCUT2D eigenvalue weighted by atomic mass is 79.9. The van der Waals surface area contributed by atoms with Crippen molar-refractivity contribution in [2.45, 2.75) is 13.3 Å². The zero-order chi connectivity index (χ0) is 20.7. The van der Waals surface area contributed by atoms with Crippen LogP contribution in [0, 0.1) is 10.1 Å². The fourth-order valence-corrected chi connectivity index (χ4v) is 3.98. The lowest BCUT2D eigenvalue weighted by atomic mass is 10.1. The summed E-state index contributed by atoms with van der Waals surface area (Å²) in [5, 5.41) is 21.6. The van der Waals surface area contributed by atoms with Crippen molar-refractivity contribution in [2.24, 2.45) is 5.10 Å². The number of fused-ring (bicyclic) bond motifs is 1. The van der Waals surface area contributed by atoms with Crippen LogP contribution in [0.2, 0.25) is 10.0 Å². The number of nitrogens with one attached hydrogen (secondary N) is 1. The Balaban J connectivity index is 1.90. The summed E-state index contributed by atoms with van der Waals surface area (Å²) in [6.07, 6.45) is 0.640. The summed E-state index contributed by atoms with van der Waals surface area (Å²) in [5.74, 6) is 0.693. The van der Waals surface area contributed by atoms with Crippen molar-refractivity contribution < 1.29 is 4.92 Å². The standard InChI is InChI=1S/C19H14BrCl2N5O2/c1-2-18-23-25(11-7-8-14(21)15(22)9-11)26(24-18)17-10-16(27(28)29)12-5-3-4-6-13(12)19(17)20/h3-10H,2H2,1H3,(H,23,24). The van der Waals surface area contributed by atoms with E-state index in [4.69, 9.17) is 23.2 Å². The normalized spacial score (nSPS) is 13.6. The van der Waals surface area contributed by atoms with Crippen molar-refractivity contribution in [2.75, 3.05) is 10.2 Å². The number of hydrazine groups is 2. The summed E-state index contributed by atoms with van der Waals surface area (Å²) in [5.41, 5.74) is 4.38. The molecule has 0 spiro atoms. The van der Waals surface area contributed by atoms with E-state index >= 15 is 0 Å². The lowest BCUT2D eigenvalue weighted by Crippen LogP contribution is -2.44. The fourth-order valence-electron chi connectivity index (χ4n) is 3.06. The van der Waals surface area contributed by atoms with Crippen LogP contribution in [0.25, 0.3) is 10.8 Å². The molecule has 1 aliphatic heterocycles. The van der Waals surface area contributed by atoms with E-state index in [1.807, 2.05) is 19.1 Å². The minimum absolute atomic E-state index is 0.000336. The molecule has 29 heavy (non-hydrogen) atoms. The molecule has 3 aromatic rings. The molecule has 0 amide bonds. The van der Waals surface area contributed by atoms with Gasteiger partial charge in [-0.25, -0.2) is 0 Å². The van der Waals surface area contributed by atoms with Crippen LogP contribution in [0.1, 0.15) is 13.3 Å². The number of hydrazone groups is 1. The molecule has 10 heteroatoms. The maximum absolute atomic E-state index is 11.7. The molecule has 4 rings (SSSR count). The maximum atomic E-state index is 11.7. The molecule has 0 radical (unpaired) electrons. The van der Waals surface area contributed by atoms with Gasteiger partial charge in [-0.15, -0.1) is 5.10 Å². The summed E-state index contributed by atoms with van der Waals surface area (Å²) in [6, 6.07) is 13.8. The maximum Gasteiger partial charge on any atom is 0.279 e. The van der Waals surface area contributed by atoms with E-state index in [2.05, 4.69) is 26.5 Å². The number of amidine groups is 1. The SMILES string of the molecule is CCC1=NN(c2ccc(Cl)c(Cl)c2)N(c2cc([N+](=O)[O-])c3ccccc3c2Br)N1. The molecule has 1 N–H and O–H groups in total. The van der Waals surface area contributed by atoms with Gasteiger partial charge in [0.25, 0.3) is 5.69 Å². The molecule has 3 aromatic carbocycles. The topological polar surface area (TPSA) is 74.0 Å². The molecule has 0 aromatic heterocycles. The molecule has 1 heterocycles. The van der Waals surface area contributed by atoms with Crippen molar-refractivity contribution in [1.29, 1.82) is 0 Å². The highest BCUT2D eigenvalue weighted by Gasteiger charge is 2.30. The second-order valence-corrected chi connectivity index (χ2v) is 7.85. The van der Waals surface area contributed by atoms with Crippen LogP contribution in [0.4, 0.5) is 17.1 Å². The quantitative estimate of drug-likeness (QED) is 0.341. The van der Waals surface area contributed by atoms with Gasteiger partial charge in [0.05, 0.1) is 30.5 Å². The van der Waals surface area contributed by atoms with Crippen LogP contribution in [-0.4, -0.2) is 10.8 Å². The highest BCUT2D eigenvalue weighted by molar-refractivity contribution is 9.10. The third-order valence-corrected chi connectivity index (χ3v) is 6.04. The number of benzene rings is 3. The summed E-state index contributed by atoms with van der Waals surface area (Å²) >= 11 is 15.8. The second kappa shape index (κ2) is 7.70. The zero-order valence-electron chi connectivity index (χ0n) is 15.1. The Morgan fingerprint density at radius 3 is 2.52 bits per heavy atom. The minimum Gasteiger partial charge on any atom is -0.263 e. The molecular formula is C19H14BrCl2N5O2. The van der Waals surface area contributed by atoms with Gasteiger partial charge in [0.1, 0.15) is 11.5 Å². The molecule has 0 saturated carbocycles. The first-order valence-corrected chi connectivity index (χ1v) is 10.2. The van der Waals surface area contributed by atoms with Crippen LogP contribution < -0.4 is 15.7 Å². The monoisotopic (exact) mass is 493 g/mol. The minimum atomic E-state index is -0.389. The Bertz CT molecular complexity index is 1170. The van der Waals surface area contributed by atoms with E-state index in [9.17, 15) is 10.1 Å². The third kappa shape index (κ3) is 3.48. The number of hydrogen-bond acceptors (Lipinski definition) is 6. The van der Waals surface area contributed by atoms with Crippen molar-refractivity contribution in [3.8, 4) is 0 Å². The first-order chi connectivity index (χ1) is 13.9. The van der Waals surface area contributed by atoms with E-state index in [0.717, 1.165) is 5.39 Å². The average Bonchev–Trinajstić information content (AvgIpc) is 3.14. The number of nitro groups is 1. The Labute approximate surface area is 184 Å². The fraction of sp³-hybridized carbons (Fsp3) is 0.105. The summed E-state index contributed by atoms with van der Waals surface area (Å²) in [6.45, 7) is 1.96.